The summed E-state index contributed by atoms with van der Waals surface area (Å²) in [6.07, 6.45) is 2.15. The Balaban J connectivity index is 1.13. The SMILES string of the molecule is c1ccc(N(c2ccccc2)c2cc3ccccc3c3c4cccc5c6c7c8cccc9c%10cc%11ccccc%11c(N(c%11ccccc%11)c%11ccccc%11)c%10n(c7ncc6n(c23)c54)c98)cc1. The lowest BCUT2D eigenvalue weighted by atomic mass is 9.99. The lowest BCUT2D eigenvalue weighted by Gasteiger charge is -2.28. The van der Waals surface area contributed by atoms with Crippen molar-refractivity contribution in [3.05, 3.63) is 225 Å². The highest BCUT2D eigenvalue weighted by Crippen LogP contribution is 2.53. The number of nitrogens with zero attached hydrogens (tertiary/aromatic N) is 5. The fraction of sp³-hybridized carbons (Fsp3) is 0. The quantitative estimate of drug-likeness (QED) is 0.167. The standard InChI is InChI=1S/C61H37N5/c1-5-21-40(22-6-1)63(41-23-7-2-8-24-41)51-36-39-20-13-15-29-44(39)53-47-32-18-33-48-54-52(65(57(47)48)60(51)53)37-62-61-55(54)49-34-17-31-46-50-35-38-19-14-16-30-45(38)58(59(50)66(61)56(46)49)64(42-25-9-3-10-26-42)43-27-11-4-12-28-43/h1-37H. The molecule has 0 atom stereocenters. The number of anilines is 6. The first kappa shape index (κ1) is 35.5. The van der Waals surface area contributed by atoms with E-state index in [0.29, 0.717) is 0 Å². The molecule has 15 rings (SSSR count). The molecule has 0 N–H and O–H groups in total. The molecular formula is C61H37N5. The van der Waals surface area contributed by atoms with Crippen molar-refractivity contribution in [2.45, 2.75) is 0 Å². The predicted octanol–water partition coefficient (Wildman–Crippen LogP) is 16.6. The monoisotopic (exact) mass is 839 g/mol. The van der Waals surface area contributed by atoms with Gasteiger partial charge < -0.3 is 14.2 Å². The third-order valence-corrected chi connectivity index (χ3v) is 14.1. The Morgan fingerprint density at radius 3 is 1.41 bits per heavy atom. The summed E-state index contributed by atoms with van der Waals surface area (Å²) in [5.41, 5.74) is 13.4. The number of benzene rings is 10. The van der Waals surface area contributed by atoms with Crippen molar-refractivity contribution in [1.82, 2.24) is 13.8 Å². The van der Waals surface area contributed by atoms with Crippen LogP contribution in [-0.4, -0.2) is 13.8 Å². The van der Waals surface area contributed by atoms with E-state index < -0.39 is 0 Å². The van der Waals surface area contributed by atoms with E-state index in [-0.39, 0.29) is 0 Å². The van der Waals surface area contributed by atoms with Gasteiger partial charge in [0.1, 0.15) is 5.65 Å². The highest BCUT2D eigenvalue weighted by molar-refractivity contribution is 6.38. The summed E-state index contributed by atoms with van der Waals surface area (Å²) in [7, 11) is 0. The molecule has 10 aromatic carbocycles. The number of aromatic nitrogens is 3. The van der Waals surface area contributed by atoms with Gasteiger partial charge in [-0.1, -0.05) is 158 Å². The van der Waals surface area contributed by atoms with E-state index in [0.717, 1.165) is 50.8 Å². The molecule has 0 aliphatic rings. The van der Waals surface area contributed by atoms with Crippen LogP contribution >= 0.6 is 0 Å². The predicted molar refractivity (Wildman–Crippen MR) is 278 cm³/mol. The highest BCUT2D eigenvalue weighted by atomic mass is 15.2. The van der Waals surface area contributed by atoms with E-state index in [1.165, 1.54) is 81.2 Å². The third-order valence-electron chi connectivity index (χ3n) is 14.1. The maximum Gasteiger partial charge on any atom is 0.146 e. The molecule has 5 aromatic heterocycles. The van der Waals surface area contributed by atoms with Gasteiger partial charge in [-0.15, -0.1) is 0 Å². The summed E-state index contributed by atoms with van der Waals surface area (Å²) in [5.74, 6) is 0. The molecule has 0 saturated carbocycles. The second kappa shape index (κ2) is 13.3. The normalized spacial score (nSPS) is 12.2. The van der Waals surface area contributed by atoms with Crippen LogP contribution in [0.2, 0.25) is 0 Å². The van der Waals surface area contributed by atoms with Gasteiger partial charge in [0.05, 0.1) is 45.2 Å². The lowest BCUT2D eigenvalue weighted by Crippen LogP contribution is -2.11. The van der Waals surface area contributed by atoms with Crippen LogP contribution in [0.3, 0.4) is 0 Å². The van der Waals surface area contributed by atoms with E-state index in [1.807, 2.05) is 0 Å². The molecule has 15 aromatic rings. The topological polar surface area (TPSA) is 28.2 Å². The van der Waals surface area contributed by atoms with Gasteiger partial charge in [0.2, 0.25) is 0 Å². The number of para-hydroxylation sites is 6. The minimum Gasteiger partial charge on any atom is -0.308 e. The molecule has 0 fully saturated rings. The summed E-state index contributed by atoms with van der Waals surface area (Å²) in [6, 6.07) is 79.3. The smallest absolute Gasteiger partial charge is 0.146 e. The molecule has 0 aliphatic carbocycles. The number of fused-ring (bicyclic) bond motifs is 16. The molecule has 0 unspecified atom stereocenters. The van der Waals surface area contributed by atoms with Gasteiger partial charge in [-0.05, 0) is 76.8 Å². The lowest BCUT2D eigenvalue weighted by molar-refractivity contribution is 1.24. The second-order valence-corrected chi connectivity index (χ2v) is 17.5. The van der Waals surface area contributed by atoms with Crippen molar-refractivity contribution in [3.63, 3.8) is 0 Å². The zero-order valence-corrected chi connectivity index (χ0v) is 35.6. The van der Waals surface area contributed by atoms with E-state index in [9.17, 15) is 0 Å². The third kappa shape index (κ3) is 4.65. The highest BCUT2D eigenvalue weighted by Gasteiger charge is 2.30. The molecule has 5 heterocycles. The summed E-state index contributed by atoms with van der Waals surface area (Å²) in [6.45, 7) is 0. The maximum absolute atomic E-state index is 5.64. The fourth-order valence-electron chi connectivity index (χ4n) is 11.5. The Morgan fingerprint density at radius 2 is 0.788 bits per heavy atom. The molecule has 306 valence electrons. The second-order valence-electron chi connectivity index (χ2n) is 17.5. The molecule has 66 heavy (non-hydrogen) atoms. The average molecular weight is 840 g/mol. The molecule has 0 saturated heterocycles. The zero-order valence-electron chi connectivity index (χ0n) is 35.6. The van der Waals surface area contributed by atoms with Crippen molar-refractivity contribution >= 4 is 132 Å². The van der Waals surface area contributed by atoms with Gasteiger partial charge in [-0.2, -0.15) is 0 Å². The number of hydrogen-bond donors (Lipinski definition) is 0. The van der Waals surface area contributed by atoms with Crippen molar-refractivity contribution in [1.29, 1.82) is 0 Å². The summed E-state index contributed by atoms with van der Waals surface area (Å²) in [5, 5.41) is 14.6. The molecule has 0 bridgehead atoms. The fourth-order valence-corrected chi connectivity index (χ4v) is 11.5. The number of hydrogen-bond acceptors (Lipinski definition) is 3. The number of pyridine rings is 1. The average Bonchev–Trinajstić information content (AvgIpc) is 4.12. The molecular weight excluding hydrogens is 803 g/mol. The van der Waals surface area contributed by atoms with Crippen LogP contribution in [-0.2, 0) is 0 Å². The summed E-state index contributed by atoms with van der Waals surface area (Å²) >= 11 is 0. The minimum absolute atomic E-state index is 0.959. The largest absolute Gasteiger partial charge is 0.308 e. The van der Waals surface area contributed by atoms with Crippen LogP contribution in [0.25, 0.3) is 97.9 Å². The van der Waals surface area contributed by atoms with Crippen molar-refractivity contribution in [3.8, 4) is 0 Å². The Labute approximate surface area is 378 Å². The van der Waals surface area contributed by atoms with Gasteiger partial charge in [-0.25, -0.2) is 4.98 Å². The van der Waals surface area contributed by atoms with Gasteiger partial charge in [0.15, 0.2) is 0 Å². The van der Waals surface area contributed by atoms with Gasteiger partial charge in [-0.3, -0.25) is 4.40 Å². The zero-order chi connectivity index (χ0) is 43.0. The van der Waals surface area contributed by atoms with Crippen LogP contribution < -0.4 is 9.80 Å². The van der Waals surface area contributed by atoms with Crippen molar-refractivity contribution < 1.29 is 0 Å². The molecule has 5 nitrogen and oxygen atoms in total. The Morgan fingerprint density at radius 1 is 0.318 bits per heavy atom. The maximum atomic E-state index is 5.64. The van der Waals surface area contributed by atoms with E-state index in [1.54, 1.807) is 0 Å². The van der Waals surface area contributed by atoms with Crippen LogP contribution in [0.15, 0.2) is 225 Å². The first-order valence-corrected chi connectivity index (χ1v) is 22.6. The van der Waals surface area contributed by atoms with Crippen molar-refractivity contribution in [2.75, 3.05) is 9.80 Å². The first-order chi connectivity index (χ1) is 32.8. The molecule has 0 amide bonds. The Hall–Kier alpha value is -8.93. The molecule has 0 radical (unpaired) electrons. The number of rotatable bonds is 6. The Bertz CT molecular complexity index is 4270. The van der Waals surface area contributed by atoms with Gasteiger partial charge >= 0.3 is 0 Å². The van der Waals surface area contributed by atoms with Gasteiger partial charge in [0.25, 0.3) is 0 Å². The van der Waals surface area contributed by atoms with Crippen molar-refractivity contribution in [2.24, 2.45) is 0 Å². The molecule has 0 aliphatic heterocycles. The molecule has 5 heteroatoms. The molecule has 0 spiro atoms. The van der Waals surface area contributed by atoms with E-state index in [2.05, 4.69) is 243 Å². The van der Waals surface area contributed by atoms with Gasteiger partial charge in [0, 0.05) is 71.2 Å². The van der Waals surface area contributed by atoms with E-state index >= 15 is 0 Å². The first-order valence-electron chi connectivity index (χ1n) is 22.6. The summed E-state index contributed by atoms with van der Waals surface area (Å²) in [4.78, 5) is 10.5. The van der Waals surface area contributed by atoms with E-state index in [4.69, 9.17) is 4.98 Å². The van der Waals surface area contributed by atoms with Crippen LogP contribution in [0.5, 0.6) is 0 Å². The summed E-state index contributed by atoms with van der Waals surface area (Å²) < 4.78 is 5.01. The van der Waals surface area contributed by atoms with Crippen LogP contribution in [0.1, 0.15) is 0 Å². The van der Waals surface area contributed by atoms with Crippen LogP contribution in [0, 0.1) is 0 Å². The minimum atomic E-state index is 0.959. The van der Waals surface area contributed by atoms with Crippen LogP contribution in [0.4, 0.5) is 34.1 Å². The Kier molecular flexibility index (Phi) is 7.16.